The van der Waals surface area contributed by atoms with Gasteiger partial charge in [-0.15, -0.1) is 0 Å². The molecule has 0 fully saturated rings. The van der Waals surface area contributed by atoms with Gasteiger partial charge in [0.1, 0.15) is 23.7 Å². The van der Waals surface area contributed by atoms with E-state index in [4.69, 9.17) is 24.6 Å². The van der Waals surface area contributed by atoms with Crippen molar-refractivity contribution in [3.8, 4) is 5.75 Å². The minimum absolute atomic E-state index is 0.00706. The molecule has 3 aromatic rings. The van der Waals surface area contributed by atoms with Gasteiger partial charge in [0.25, 0.3) is 5.91 Å². The molecule has 1 aliphatic rings. The average molecular weight is 647 g/mol. The number of aromatic nitrogens is 1. The third-order valence-electron chi connectivity index (χ3n) is 6.50. The first-order chi connectivity index (χ1) is 21.5. The molecule has 46 heavy (non-hydrogen) atoms. The number of carboxylic acids is 1. The van der Waals surface area contributed by atoms with Gasteiger partial charge < -0.3 is 19.9 Å². The largest absolute Gasteiger partial charge is 0.490 e. The van der Waals surface area contributed by atoms with Crippen LogP contribution in [0.4, 0.5) is 13.2 Å². The molecule has 0 saturated carbocycles. The van der Waals surface area contributed by atoms with E-state index in [0.29, 0.717) is 24.3 Å². The lowest BCUT2D eigenvalue weighted by Gasteiger charge is -2.37. The van der Waals surface area contributed by atoms with Gasteiger partial charge >= 0.3 is 18.1 Å². The van der Waals surface area contributed by atoms with Gasteiger partial charge in [0.15, 0.2) is 0 Å². The van der Waals surface area contributed by atoms with E-state index in [0.717, 1.165) is 16.5 Å². The molecule has 4 N–H and O–H groups in total. The van der Waals surface area contributed by atoms with Crippen LogP contribution in [0, 0.1) is 0 Å². The summed E-state index contributed by atoms with van der Waals surface area (Å²) >= 11 is 0. The van der Waals surface area contributed by atoms with Crippen LogP contribution >= 0.6 is 0 Å². The highest BCUT2D eigenvalue weighted by atomic mass is 19.4. The number of ether oxygens (including phenoxy) is 2. The standard InChI is InChI=1S/C29H32N4O6.C2HF3O2/c1-28(2,3)39-27(36)23-16-29(13-15-31-23,17-25(34)33-37)32-26(35)20-10-8-19(9-11-20)18-38-24-12-14-30-22-7-5-4-6-21(22)24;3-2(4,5)1(6)7/h4-12,14,37H,13,15-18H2,1-3H3,(H,32,35)(H,33,34);(H,6,7). The average Bonchev–Trinajstić information content (AvgIpc) is 2.99. The fraction of sp³-hybridized carbons (Fsp3) is 0.355. The second-order valence-electron chi connectivity index (χ2n) is 11.3. The quantitative estimate of drug-likeness (QED) is 0.157. The number of benzene rings is 2. The van der Waals surface area contributed by atoms with E-state index >= 15 is 0 Å². The summed E-state index contributed by atoms with van der Waals surface area (Å²) in [4.78, 5) is 55.5. The van der Waals surface area contributed by atoms with Crippen LogP contribution in [0.5, 0.6) is 5.75 Å². The van der Waals surface area contributed by atoms with E-state index in [9.17, 15) is 27.6 Å². The lowest BCUT2D eigenvalue weighted by Crippen LogP contribution is -2.55. The van der Waals surface area contributed by atoms with Crippen molar-refractivity contribution in [1.29, 1.82) is 0 Å². The van der Waals surface area contributed by atoms with Crippen molar-refractivity contribution < 1.29 is 52.1 Å². The number of para-hydroxylation sites is 1. The molecule has 2 aromatic carbocycles. The SMILES string of the molecule is CC(C)(C)OC(=O)C1=NCCC(CC(=O)NO)(NC(=O)c2ccc(COc3ccnc4ccccc34)cc2)C1.O=C(O)C(F)(F)F. The van der Waals surface area contributed by atoms with E-state index in [1.165, 1.54) is 0 Å². The van der Waals surface area contributed by atoms with Crippen LogP contribution in [0.3, 0.4) is 0 Å². The number of carbonyl (C=O) groups excluding carboxylic acids is 3. The fourth-order valence-corrected chi connectivity index (χ4v) is 4.41. The van der Waals surface area contributed by atoms with Crippen LogP contribution in [0.15, 0.2) is 65.8 Å². The third-order valence-corrected chi connectivity index (χ3v) is 6.50. The van der Waals surface area contributed by atoms with Gasteiger partial charge in [0, 0.05) is 30.1 Å². The number of amides is 2. The van der Waals surface area contributed by atoms with Crippen molar-refractivity contribution in [2.24, 2.45) is 4.99 Å². The number of rotatable bonds is 8. The van der Waals surface area contributed by atoms with Gasteiger partial charge in [-0.05, 0) is 63.1 Å². The molecule has 1 aliphatic heterocycles. The first-order valence-electron chi connectivity index (χ1n) is 13.9. The van der Waals surface area contributed by atoms with E-state index < -0.39 is 41.1 Å². The maximum Gasteiger partial charge on any atom is 0.490 e. The first kappa shape index (κ1) is 35.4. The van der Waals surface area contributed by atoms with Crippen molar-refractivity contribution in [2.45, 2.75) is 64.0 Å². The summed E-state index contributed by atoms with van der Waals surface area (Å²) in [6.45, 7) is 5.75. The maximum absolute atomic E-state index is 13.2. The molecule has 0 aliphatic carbocycles. The van der Waals surface area contributed by atoms with Crippen molar-refractivity contribution >= 4 is 40.4 Å². The molecule has 4 rings (SSSR count). The molecule has 1 atom stereocenters. The van der Waals surface area contributed by atoms with Crippen LogP contribution in [-0.4, -0.2) is 68.6 Å². The second-order valence-corrected chi connectivity index (χ2v) is 11.3. The molecular formula is C31H33F3N4O8. The summed E-state index contributed by atoms with van der Waals surface area (Å²) in [6.07, 6.45) is -3.32. The fourth-order valence-electron chi connectivity index (χ4n) is 4.41. The van der Waals surface area contributed by atoms with Crippen LogP contribution in [0.25, 0.3) is 10.9 Å². The Morgan fingerprint density at radius 1 is 1.00 bits per heavy atom. The Hall–Kier alpha value is -5.05. The summed E-state index contributed by atoms with van der Waals surface area (Å²) in [5.41, 5.74) is 1.98. The summed E-state index contributed by atoms with van der Waals surface area (Å²) in [5.74, 6) is -3.74. The number of nitrogens with one attached hydrogen (secondary N) is 2. The van der Waals surface area contributed by atoms with Gasteiger partial charge in [0.05, 0.1) is 17.5 Å². The molecule has 0 bridgehead atoms. The molecule has 0 spiro atoms. The van der Waals surface area contributed by atoms with Crippen molar-refractivity contribution in [3.05, 3.63) is 71.9 Å². The number of fused-ring (bicyclic) bond motifs is 1. The number of pyridine rings is 1. The maximum atomic E-state index is 13.2. The topological polar surface area (TPSA) is 177 Å². The number of hydroxylamine groups is 1. The van der Waals surface area contributed by atoms with Crippen LogP contribution < -0.4 is 15.5 Å². The molecule has 1 unspecified atom stereocenters. The Kier molecular flexibility index (Phi) is 11.4. The van der Waals surface area contributed by atoms with Gasteiger partial charge in [0.2, 0.25) is 5.91 Å². The zero-order valence-electron chi connectivity index (χ0n) is 25.2. The highest BCUT2D eigenvalue weighted by Crippen LogP contribution is 2.28. The molecule has 2 amide bonds. The van der Waals surface area contributed by atoms with Gasteiger partial charge in [-0.25, -0.2) is 15.1 Å². The smallest absolute Gasteiger partial charge is 0.488 e. The molecule has 2 heterocycles. The second kappa shape index (κ2) is 14.8. The number of esters is 1. The Balaban J connectivity index is 0.000000738. The number of carbonyl (C=O) groups is 4. The lowest BCUT2D eigenvalue weighted by atomic mass is 9.82. The minimum atomic E-state index is -5.08. The molecule has 1 aromatic heterocycles. The summed E-state index contributed by atoms with van der Waals surface area (Å²) in [5, 5.41) is 20.1. The number of aliphatic carboxylic acids is 1. The van der Waals surface area contributed by atoms with Gasteiger partial charge in [-0.1, -0.05) is 24.3 Å². The Bertz CT molecular complexity index is 1600. The van der Waals surface area contributed by atoms with E-state index in [2.05, 4.69) is 15.3 Å². The minimum Gasteiger partial charge on any atom is -0.488 e. The zero-order valence-corrected chi connectivity index (χ0v) is 25.2. The van der Waals surface area contributed by atoms with Gasteiger partial charge in [-0.2, -0.15) is 13.2 Å². The summed E-state index contributed by atoms with van der Waals surface area (Å²) in [6, 6.07) is 16.4. The van der Waals surface area contributed by atoms with Gasteiger partial charge in [-0.3, -0.25) is 24.8 Å². The predicted molar refractivity (Wildman–Crippen MR) is 158 cm³/mol. The Morgan fingerprint density at radius 3 is 2.26 bits per heavy atom. The molecule has 0 radical (unpaired) electrons. The Morgan fingerprint density at radius 2 is 1.65 bits per heavy atom. The first-order valence-corrected chi connectivity index (χ1v) is 13.9. The molecule has 0 saturated heterocycles. The number of halogens is 3. The van der Waals surface area contributed by atoms with E-state index in [1.54, 1.807) is 56.7 Å². The number of nitrogens with zero attached hydrogens (tertiary/aromatic N) is 2. The molecule has 246 valence electrons. The van der Waals surface area contributed by atoms with Crippen LogP contribution in [0.1, 0.15) is 56.0 Å². The summed E-state index contributed by atoms with van der Waals surface area (Å²) in [7, 11) is 0. The molecular weight excluding hydrogens is 613 g/mol. The number of hydrogen-bond acceptors (Lipinski definition) is 9. The predicted octanol–water partition coefficient (Wildman–Crippen LogP) is 4.39. The highest BCUT2D eigenvalue weighted by molar-refractivity contribution is 6.37. The molecule has 12 nitrogen and oxygen atoms in total. The van der Waals surface area contributed by atoms with Crippen molar-refractivity contribution in [3.63, 3.8) is 0 Å². The Labute approximate surface area is 261 Å². The van der Waals surface area contributed by atoms with Crippen LogP contribution in [-0.2, 0) is 25.7 Å². The lowest BCUT2D eigenvalue weighted by molar-refractivity contribution is -0.192. The molecule has 15 heteroatoms. The van der Waals surface area contributed by atoms with E-state index in [1.807, 2.05) is 30.3 Å². The van der Waals surface area contributed by atoms with Crippen LogP contribution in [0.2, 0.25) is 0 Å². The number of hydrogen-bond donors (Lipinski definition) is 4. The third kappa shape index (κ3) is 10.3. The number of alkyl halides is 3. The van der Waals surface area contributed by atoms with Crippen molar-refractivity contribution in [2.75, 3.05) is 6.54 Å². The number of aliphatic imine (C=N–C) groups is 1. The normalized spacial score (nSPS) is 16.3. The highest BCUT2D eigenvalue weighted by Gasteiger charge is 2.41. The van der Waals surface area contributed by atoms with Crippen molar-refractivity contribution in [1.82, 2.24) is 15.8 Å². The summed E-state index contributed by atoms with van der Waals surface area (Å²) < 4.78 is 43.2. The number of carboxylic acid groups (broad SMARTS) is 1. The van der Waals surface area contributed by atoms with E-state index in [-0.39, 0.29) is 25.1 Å². The zero-order chi connectivity index (χ0) is 34.1. The monoisotopic (exact) mass is 646 g/mol.